The summed E-state index contributed by atoms with van der Waals surface area (Å²) < 4.78 is 0. The van der Waals surface area contributed by atoms with Crippen LogP contribution in [0.4, 0.5) is 5.69 Å². The second-order valence-electron chi connectivity index (χ2n) is 4.36. The highest BCUT2D eigenvalue weighted by atomic mass is 16.4. The summed E-state index contributed by atoms with van der Waals surface area (Å²) in [5.74, 6) is -0.845. The molecule has 0 radical (unpaired) electrons. The summed E-state index contributed by atoms with van der Waals surface area (Å²) in [5, 5.41) is 11.7. The van der Waals surface area contributed by atoms with Gasteiger partial charge in [0.2, 0.25) is 0 Å². The Morgan fingerprint density at radius 1 is 1.28 bits per heavy atom. The molecule has 0 aliphatic carbocycles. The number of nitrogens with zero attached hydrogens (tertiary/aromatic N) is 1. The van der Waals surface area contributed by atoms with Gasteiger partial charge in [0.05, 0.1) is 0 Å². The minimum absolute atomic E-state index is 0.571. The van der Waals surface area contributed by atoms with Crippen molar-refractivity contribution in [3.8, 4) is 0 Å². The first kappa shape index (κ1) is 14.5. The summed E-state index contributed by atoms with van der Waals surface area (Å²) in [6.07, 6.45) is 0. The molecule has 1 aromatic rings. The van der Waals surface area contributed by atoms with Crippen molar-refractivity contribution < 1.29 is 9.90 Å². The van der Waals surface area contributed by atoms with Crippen LogP contribution in [0.5, 0.6) is 0 Å². The van der Waals surface area contributed by atoms with E-state index in [0.29, 0.717) is 0 Å². The average Bonchev–Trinajstić information content (AvgIpc) is 2.37. The van der Waals surface area contributed by atoms with Crippen molar-refractivity contribution in [2.45, 2.75) is 33.4 Å². The molecule has 0 aliphatic heterocycles. The molecule has 4 nitrogen and oxygen atoms in total. The van der Waals surface area contributed by atoms with Gasteiger partial charge in [0.15, 0.2) is 0 Å². The van der Waals surface area contributed by atoms with Crippen molar-refractivity contribution in [1.29, 1.82) is 0 Å². The molecule has 0 amide bonds. The molecule has 0 spiro atoms. The minimum atomic E-state index is -0.845. The van der Waals surface area contributed by atoms with Crippen LogP contribution < -0.4 is 5.32 Å². The summed E-state index contributed by atoms with van der Waals surface area (Å²) in [6, 6.07) is 7.36. The third-order valence-electron chi connectivity index (χ3n) is 3.01. The van der Waals surface area contributed by atoms with E-state index in [1.165, 1.54) is 5.56 Å². The first-order valence-corrected chi connectivity index (χ1v) is 6.37. The second-order valence-corrected chi connectivity index (χ2v) is 4.36. The number of carbonyl (C=O) groups is 1. The highest BCUT2D eigenvalue weighted by Gasteiger charge is 2.09. The largest absolute Gasteiger partial charge is 0.480 e. The van der Waals surface area contributed by atoms with Crippen molar-refractivity contribution in [2.75, 3.05) is 18.4 Å². The summed E-state index contributed by atoms with van der Waals surface area (Å²) in [6.45, 7) is 8.93. The summed E-state index contributed by atoms with van der Waals surface area (Å²) in [7, 11) is 0. The first-order valence-electron chi connectivity index (χ1n) is 6.37. The smallest absolute Gasteiger partial charge is 0.325 e. The fourth-order valence-electron chi connectivity index (χ4n) is 1.72. The molecule has 0 bridgehead atoms. The second kappa shape index (κ2) is 7.01. The molecule has 0 heterocycles. The molecule has 1 aromatic carbocycles. The topological polar surface area (TPSA) is 52.6 Å². The fraction of sp³-hybridized carbons (Fsp3) is 0.500. The van der Waals surface area contributed by atoms with E-state index in [9.17, 15) is 4.79 Å². The van der Waals surface area contributed by atoms with Crippen molar-refractivity contribution >= 4 is 11.7 Å². The van der Waals surface area contributed by atoms with Crippen LogP contribution in [0.15, 0.2) is 24.3 Å². The van der Waals surface area contributed by atoms with Crippen molar-refractivity contribution in [3.05, 3.63) is 29.8 Å². The normalized spacial score (nSPS) is 12.4. The van der Waals surface area contributed by atoms with E-state index in [2.05, 4.69) is 24.1 Å². The fourth-order valence-corrected chi connectivity index (χ4v) is 1.72. The number of aliphatic carboxylic acids is 1. The average molecular weight is 250 g/mol. The molecule has 1 unspecified atom stereocenters. The highest BCUT2D eigenvalue weighted by molar-refractivity contribution is 5.76. The summed E-state index contributed by atoms with van der Waals surface area (Å²) >= 11 is 0. The van der Waals surface area contributed by atoms with E-state index in [0.717, 1.165) is 25.3 Å². The summed E-state index contributed by atoms with van der Waals surface area (Å²) in [4.78, 5) is 13.1. The summed E-state index contributed by atoms with van der Waals surface area (Å²) in [5.41, 5.74) is 2.08. The molecule has 100 valence electrons. The van der Waals surface area contributed by atoms with E-state index in [1.807, 2.05) is 24.3 Å². The van der Waals surface area contributed by atoms with Crippen LogP contribution in [0.1, 0.15) is 26.3 Å². The molecular formula is C14H22N2O2. The molecule has 0 saturated carbocycles. The lowest BCUT2D eigenvalue weighted by Crippen LogP contribution is -2.25. The van der Waals surface area contributed by atoms with Gasteiger partial charge in [0.1, 0.15) is 6.04 Å². The van der Waals surface area contributed by atoms with Gasteiger partial charge < -0.3 is 10.4 Å². The van der Waals surface area contributed by atoms with Crippen LogP contribution in [0, 0.1) is 0 Å². The lowest BCUT2D eigenvalue weighted by Gasteiger charge is -2.18. The van der Waals surface area contributed by atoms with Gasteiger partial charge in [-0.25, -0.2) is 0 Å². The van der Waals surface area contributed by atoms with Gasteiger partial charge in [-0.1, -0.05) is 26.0 Å². The van der Waals surface area contributed by atoms with Crippen LogP contribution in [-0.4, -0.2) is 35.1 Å². The lowest BCUT2D eigenvalue weighted by atomic mass is 10.2. The standard InChI is InChI=1S/C14H22N2O2/c1-4-16(5-2)10-12-6-8-13(9-7-12)15-11(3)14(17)18/h6-9,11,15H,4-5,10H2,1-3H3,(H,17,18). The third kappa shape index (κ3) is 4.37. The number of carboxylic acid groups (broad SMARTS) is 1. The molecule has 1 rings (SSSR count). The minimum Gasteiger partial charge on any atom is -0.480 e. The van der Waals surface area contributed by atoms with Crippen molar-refractivity contribution in [3.63, 3.8) is 0 Å². The zero-order chi connectivity index (χ0) is 13.5. The number of benzene rings is 1. The van der Waals surface area contributed by atoms with E-state index in [4.69, 9.17) is 5.11 Å². The van der Waals surface area contributed by atoms with Crippen LogP contribution in [0.2, 0.25) is 0 Å². The maximum Gasteiger partial charge on any atom is 0.325 e. The third-order valence-corrected chi connectivity index (χ3v) is 3.01. The quantitative estimate of drug-likeness (QED) is 0.780. The predicted molar refractivity (Wildman–Crippen MR) is 73.8 cm³/mol. The first-order chi connectivity index (χ1) is 8.56. The number of hydrogen-bond donors (Lipinski definition) is 2. The lowest BCUT2D eigenvalue weighted by molar-refractivity contribution is -0.137. The molecular weight excluding hydrogens is 228 g/mol. The number of rotatable bonds is 7. The van der Waals surface area contributed by atoms with Gasteiger partial charge >= 0.3 is 5.97 Å². The predicted octanol–water partition coefficient (Wildman–Crippen LogP) is 2.41. The Hall–Kier alpha value is -1.55. The number of hydrogen-bond acceptors (Lipinski definition) is 3. The molecule has 0 fully saturated rings. The zero-order valence-corrected chi connectivity index (χ0v) is 11.3. The Morgan fingerprint density at radius 3 is 2.28 bits per heavy atom. The Bertz CT molecular complexity index is 372. The Balaban J connectivity index is 2.59. The molecule has 1 atom stereocenters. The van der Waals surface area contributed by atoms with E-state index < -0.39 is 12.0 Å². The van der Waals surface area contributed by atoms with Gasteiger partial charge in [-0.15, -0.1) is 0 Å². The molecule has 18 heavy (non-hydrogen) atoms. The van der Waals surface area contributed by atoms with Crippen LogP contribution >= 0.6 is 0 Å². The maximum absolute atomic E-state index is 10.7. The van der Waals surface area contributed by atoms with Gasteiger partial charge in [-0.2, -0.15) is 0 Å². The Morgan fingerprint density at radius 2 is 1.83 bits per heavy atom. The van der Waals surface area contributed by atoms with Crippen LogP contribution in [0.3, 0.4) is 0 Å². The monoisotopic (exact) mass is 250 g/mol. The molecule has 0 saturated heterocycles. The van der Waals surface area contributed by atoms with E-state index in [-0.39, 0.29) is 0 Å². The number of nitrogens with one attached hydrogen (secondary N) is 1. The molecule has 0 aromatic heterocycles. The Kier molecular flexibility index (Phi) is 5.65. The number of carboxylic acids is 1. The van der Waals surface area contributed by atoms with Crippen molar-refractivity contribution in [2.24, 2.45) is 0 Å². The zero-order valence-electron chi connectivity index (χ0n) is 11.3. The van der Waals surface area contributed by atoms with E-state index >= 15 is 0 Å². The molecule has 2 N–H and O–H groups in total. The van der Waals surface area contributed by atoms with Crippen LogP contribution in [-0.2, 0) is 11.3 Å². The van der Waals surface area contributed by atoms with Gasteiger partial charge in [-0.3, -0.25) is 9.69 Å². The molecule has 4 heteroatoms. The Labute approximate surface area is 109 Å². The van der Waals surface area contributed by atoms with E-state index in [1.54, 1.807) is 6.92 Å². The molecule has 0 aliphatic rings. The maximum atomic E-state index is 10.7. The number of anilines is 1. The van der Waals surface area contributed by atoms with Gasteiger partial charge in [0.25, 0.3) is 0 Å². The highest BCUT2D eigenvalue weighted by Crippen LogP contribution is 2.12. The SMILES string of the molecule is CCN(CC)Cc1ccc(NC(C)C(=O)O)cc1. The van der Waals surface area contributed by atoms with Crippen LogP contribution in [0.25, 0.3) is 0 Å². The van der Waals surface area contributed by atoms with Gasteiger partial charge in [-0.05, 0) is 37.7 Å². The van der Waals surface area contributed by atoms with Crippen molar-refractivity contribution in [1.82, 2.24) is 4.90 Å². The van der Waals surface area contributed by atoms with Gasteiger partial charge in [0, 0.05) is 12.2 Å².